The predicted octanol–water partition coefficient (Wildman–Crippen LogP) is 2.19. The third-order valence-corrected chi connectivity index (χ3v) is 4.61. The Bertz CT molecular complexity index is 599. The minimum atomic E-state index is -0.348. The van der Waals surface area contributed by atoms with E-state index in [2.05, 4.69) is 27.5 Å². The molecule has 1 aromatic carbocycles. The summed E-state index contributed by atoms with van der Waals surface area (Å²) >= 11 is 1.85. The zero-order chi connectivity index (χ0) is 13.9. The molecule has 0 saturated heterocycles. The molecule has 1 N–H and O–H groups in total. The molecule has 2 unspecified atom stereocenters. The number of aromatic nitrogens is 3. The van der Waals surface area contributed by atoms with Gasteiger partial charge in [-0.25, -0.2) is 9.67 Å². The van der Waals surface area contributed by atoms with Crippen molar-refractivity contribution in [3.63, 3.8) is 0 Å². The summed E-state index contributed by atoms with van der Waals surface area (Å²) in [6.45, 7) is 1.83. The largest absolute Gasteiger partial charge is 0.347 e. The standard InChI is InChI=1S/C14H16N4OS/c1-10(18-9-15-8-16-18)14(19)17-12-6-7-20-13-5-3-2-4-11(12)13/h2-5,8-10,12H,6-7H2,1H3,(H,17,19). The molecule has 1 aliphatic rings. The molecule has 2 heterocycles. The maximum absolute atomic E-state index is 12.3. The number of amides is 1. The van der Waals surface area contributed by atoms with E-state index in [9.17, 15) is 4.79 Å². The van der Waals surface area contributed by atoms with E-state index in [0.29, 0.717) is 0 Å². The molecule has 2 aromatic rings. The second-order valence-corrected chi connectivity index (χ2v) is 5.92. The van der Waals surface area contributed by atoms with E-state index in [-0.39, 0.29) is 18.0 Å². The van der Waals surface area contributed by atoms with Crippen molar-refractivity contribution in [3.8, 4) is 0 Å². The van der Waals surface area contributed by atoms with Gasteiger partial charge in [-0.15, -0.1) is 11.8 Å². The molecule has 2 atom stereocenters. The van der Waals surface area contributed by atoms with Gasteiger partial charge in [-0.05, 0) is 25.0 Å². The van der Waals surface area contributed by atoms with Gasteiger partial charge in [0.2, 0.25) is 5.91 Å². The van der Waals surface area contributed by atoms with Crippen molar-refractivity contribution in [3.05, 3.63) is 42.5 Å². The molecule has 0 bridgehead atoms. The summed E-state index contributed by atoms with van der Waals surface area (Å²) in [5.41, 5.74) is 1.21. The topological polar surface area (TPSA) is 59.8 Å². The lowest BCUT2D eigenvalue weighted by Gasteiger charge is -2.27. The summed E-state index contributed by atoms with van der Waals surface area (Å²) in [5, 5.41) is 7.14. The fourth-order valence-corrected chi connectivity index (χ4v) is 3.45. The number of rotatable bonds is 3. The number of nitrogens with zero attached hydrogens (tertiary/aromatic N) is 3. The summed E-state index contributed by atoms with van der Waals surface area (Å²) < 4.78 is 1.57. The van der Waals surface area contributed by atoms with E-state index in [0.717, 1.165) is 12.2 Å². The highest BCUT2D eigenvalue weighted by Gasteiger charge is 2.24. The normalized spacial score (nSPS) is 19.1. The van der Waals surface area contributed by atoms with Gasteiger partial charge in [0.1, 0.15) is 18.7 Å². The van der Waals surface area contributed by atoms with Gasteiger partial charge in [0, 0.05) is 10.6 Å². The molecule has 0 radical (unpaired) electrons. The number of nitrogens with one attached hydrogen (secondary N) is 1. The predicted molar refractivity (Wildman–Crippen MR) is 77.4 cm³/mol. The summed E-state index contributed by atoms with van der Waals surface area (Å²) in [6, 6.07) is 8.00. The summed E-state index contributed by atoms with van der Waals surface area (Å²) in [6.07, 6.45) is 3.96. The lowest BCUT2D eigenvalue weighted by atomic mass is 10.0. The summed E-state index contributed by atoms with van der Waals surface area (Å²) in [7, 11) is 0. The smallest absolute Gasteiger partial charge is 0.245 e. The van der Waals surface area contributed by atoms with Crippen LogP contribution in [0.2, 0.25) is 0 Å². The zero-order valence-electron chi connectivity index (χ0n) is 11.2. The van der Waals surface area contributed by atoms with Gasteiger partial charge < -0.3 is 5.32 Å². The van der Waals surface area contributed by atoms with Gasteiger partial charge in [0.05, 0.1) is 6.04 Å². The van der Waals surface area contributed by atoms with E-state index in [1.54, 1.807) is 11.0 Å². The van der Waals surface area contributed by atoms with Crippen molar-refractivity contribution >= 4 is 17.7 Å². The molecule has 5 nitrogen and oxygen atoms in total. The van der Waals surface area contributed by atoms with Crippen LogP contribution < -0.4 is 5.32 Å². The van der Waals surface area contributed by atoms with Crippen LogP contribution >= 0.6 is 11.8 Å². The second-order valence-electron chi connectivity index (χ2n) is 4.79. The number of hydrogen-bond donors (Lipinski definition) is 1. The number of fused-ring (bicyclic) bond motifs is 1. The highest BCUT2D eigenvalue weighted by Crippen LogP contribution is 2.35. The average Bonchev–Trinajstić information content (AvgIpc) is 3.01. The maximum atomic E-state index is 12.3. The molecule has 0 aliphatic carbocycles. The van der Waals surface area contributed by atoms with Crippen molar-refractivity contribution in [1.82, 2.24) is 20.1 Å². The van der Waals surface area contributed by atoms with Crippen molar-refractivity contribution in [1.29, 1.82) is 0 Å². The molecule has 20 heavy (non-hydrogen) atoms. The van der Waals surface area contributed by atoms with E-state index in [1.165, 1.54) is 16.8 Å². The van der Waals surface area contributed by atoms with Gasteiger partial charge in [-0.1, -0.05) is 18.2 Å². The SMILES string of the molecule is CC(C(=O)NC1CCSc2ccccc21)n1cncn1. The molecule has 3 rings (SSSR count). The summed E-state index contributed by atoms with van der Waals surface area (Å²) in [4.78, 5) is 17.5. The first-order valence-corrected chi connectivity index (χ1v) is 7.60. The Morgan fingerprint density at radius 1 is 1.50 bits per heavy atom. The number of thioether (sulfide) groups is 1. The van der Waals surface area contributed by atoms with Crippen LogP contribution in [0.3, 0.4) is 0 Å². The van der Waals surface area contributed by atoms with Crippen LogP contribution in [0, 0.1) is 0 Å². The molecular weight excluding hydrogens is 272 g/mol. The Morgan fingerprint density at radius 3 is 3.15 bits per heavy atom. The molecule has 0 spiro atoms. The quantitative estimate of drug-likeness (QED) is 0.940. The Labute approximate surface area is 121 Å². The molecule has 6 heteroatoms. The first kappa shape index (κ1) is 13.2. The number of carbonyl (C=O) groups excluding carboxylic acids is 1. The van der Waals surface area contributed by atoms with Crippen LogP contribution in [0.15, 0.2) is 41.8 Å². The molecule has 0 saturated carbocycles. The van der Waals surface area contributed by atoms with Crippen LogP contribution in [0.1, 0.15) is 31.0 Å². The van der Waals surface area contributed by atoms with Crippen LogP contribution in [-0.4, -0.2) is 26.4 Å². The first-order valence-electron chi connectivity index (χ1n) is 6.62. The molecule has 1 aromatic heterocycles. The highest BCUT2D eigenvalue weighted by atomic mass is 32.2. The Kier molecular flexibility index (Phi) is 3.73. The van der Waals surface area contributed by atoms with E-state index < -0.39 is 0 Å². The minimum absolute atomic E-state index is 0.0257. The number of benzene rings is 1. The van der Waals surface area contributed by atoms with E-state index >= 15 is 0 Å². The van der Waals surface area contributed by atoms with Crippen molar-refractivity contribution in [2.75, 3.05) is 5.75 Å². The maximum Gasteiger partial charge on any atom is 0.245 e. The molecule has 0 fully saturated rings. The van der Waals surface area contributed by atoms with Crippen molar-refractivity contribution in [2.45, 2.75) is 30.3 Å². The van der Waals surface area contributed by atoms with Crippen LogP contribution in [0.4, 0.5) is 0 Å². The van der Waals surface area contributed by atoms with Gasteiger partial charge in [-0.3, -0.25) is 4.79 Å². The fraction of sp³-hybridized carbons (Fsp3) is 0.357. The molecule has 104 valence electrons. The van der Waals surface area contributed by atoms with Gasteiger partial charge in [0.25, 0.3) is 0 Å². The second kappa shape index (κ2) is 5.66. The van der Waals surface area contributed by atoms with Crippen LogP contribution in [0.25, 0.3) is 0 Å². The average molecular weight is 288 g/mol. The number of hydrogen-bond acceptors (Lipinski definition) is 4. The van der Waals surface area contributed by atoms with Gasteiger partial charge in [0.15, 0.2) is 0 Å². The first-order chi connectivity index (χ1) is 9.75. The molecule has 1 aliphatic heterocycles. The van der Waals surface area contributed by atoms with E-state index in [4.69, 9.17) is 0 Å². The van der Waals surface area contributed by atoms with Crippen LogP contribution in [0.5, 0.6) is 0 Å². The van der Waals surface area contributed by atoms with Crippen LogP contribution in [-0.2, 0) is 4.79 Å². The van der Waals surface area contributed by atoms with Gasteiger partial charge >= 0.3 is 0 Å². The minimum Gasteiger partial charge on any atom is -0.347 e. The lowest BCUT2D eigenvalue weighted by Crippen LogP contribution is -2.35. The zero-order valence-corrected chi connectivity index (χ0v) is 12.0. The third-order valence-electron chi connectivity index (χ3n) is 3.49. The molecular formula is C14H16N4OS. The summed E-state index contributed by atoms with van der Waals surface area (Å²) in [5.74, 6) is 1.00. The lowest BCUT2D eigenvalue weighted by molar-refractivity contribution is -0.125. The Balaban J connectivity index is 1.74. The monoisotopic (exact) mass is 288 g/mol. The Morgan fingerprint density at radius 2 is 2.35 bits per heavy atom. The fourth-order valence-electron chi connectivity index (χ4n) is 2.32. The van der Waals surface area contributed by atoms with Crippen molar-refractivity contribution in [2.24, 2.45) is 0 Å². The third kappa shape index (κ3) is 2.56. The molecule has 1 amide bonds. The Hall–Kier alpha value is -1.82. The van der Waals surface area contributed by atoms with Crippen molar-refractivity contribution < 1.29 is 4.79 Å². The van der Waals surface area contributed by atoms with Gasteiger partial charge in [-0.2, -0.15) is 5.10 Å². The van der Waals surface area contributed by atoms with E-state index in [1.807, 2.05) is 30.8 Å². The number of carbonyl (C=O) groups is 1. The highest BCUT2D eigenvalue weighted by molar-refractivity contribution is 7.99.